The number of halogens is 1. The van der Waals surface area contributed by atoms with Crippen molar-refractivity contribution in [3.05, 3.63) is 18.2 Å². The Hall–Kier alpha value is -1.07. The highest BCUT2D eigenvalue weighted by Gasteiger charge is 2.23. The van der Waals surface area contributed by atoms with Crippen LogP contribution in [0.2, 0.25) is 0 Å². The molecule has 4 nitrogen and oxygen atoms in total. The first-order valence-corrected chi connectivity index (χ1v) is 5.82. The van der Waals surface area contributed by atoms with Crippen molar-refractivity contribution in [2.24, 2.45) is 0 Å². The summed E-state index contributed by atoms with van der Waals surface area (Å²) in [5.41, 5.74) is 0.614. The van der Waals surface area contributed by atoms with Crippen molar-refractivity contribution in [1.82, 2.24) is 0 Å². The van der Waals surface area contributed by atoms with Gasteiger partial charge in [-0.25, -0.2) is 13.2 Å². The minimum atomic E-state index is -2.94. The van der Waals surface area contributed by atoms with Crippen LogP contribution >= 0.6 is 11.6 Å². The molecule has 0 radical (unpaired) electrons. The van der Waals surface area contributed by atoms with Crippen LogP contribution in [0.5, 0.6) is 0 Å². The predicted molar refractivity (Wildman–Crippen MR) is 52.4 cm³/mol. The van der Waals surface area contributed by atoms with Gasteiger partial charge in [0, 0.05) is 23.4 Å². The van der Waals surface area contributed by atoms with Gasteiger partial charge in [0.05, 0.1) is 4.90 Å². The molecular formula is C8H7ClO4S. The van der Waals surface area contributed by atoms with E-state index >= 15 is 0 Å². The monoisotopic (exact) mass is 234 g/mol. The SMILES string of the molecule is CS(=O)(=O)c1cc2ccc1-2.O=C(O)Cl. The molecular weight excluding hydrogens is 228 g/mol. The molecule has 2 aliphatic rings. The van der Waals surface area contributed by atoms with Gasteiger partial charge in [0.15, 0.2) is 9.84 Å². The molecule has 76 valence electrons. The third kappa shape index (κ3) is 2.24. The van der Waals surface area contributed by atoms with Crippen LogP contribution in [0.3, 0.4) is 0 Å². The van der Waals surface area contributed by atoms with Crippen molar-refractivity contribution >= 4 is 26.9 Å². The summed E-state index contributed by atoms with van der Waals surface area (Å²) in [7, 11) is -2.94. The lowest BCUT2D eigenvalue weighted by Gasteiger charge is -2.18. The summed E-state index contributed by atoms with van der Waals surface area (Å²) in [5.74, 6) is 0. The smallest absolute Gasteiger partial charge is 0.401 e. The molecule has 0 bridgehead atoms. The minimum Gasteiger partial charge on any atom is -0.469 e. The quantitative estimate of drug-likeness (QED) is 0.766. The van der Waals surface area contributed by atoms with Crippen LogP contribution in [-0.4, -0.2) is 25.2 Å². The minimum absolute atomic E-state index is 0.491. The lowest BCUT2D eigenvalue weighted by Crippen LogP contribution is -2.06. The zero-order valence-corrected chi connectivity index (χ0v) is 8.76. The summed E-state index contributed by atoms with van der Waals surface area (Å²) >= 11 is 4.19. The predicted octanol–water partition coefficient (Wildman–Crippen LogP) is 1.97. The number of sulfone groups is 1. The Kier molecular flexibility index (Phi) is 2.82. The Morgan fingerprint density at radius 3 is 2.00 bits per heavy atom. The van der Waals surface area contributed by atoms with Crippen molar-refractivity contribution in [2.45, 2.75) is 4.90 Å². The molecule has 0 aromatic carbocycles. The van der Waals surface area contributed by atoms with Gasteiger partial charge in [-0.05, 0) is 11.6 Å². The maximum absolute atomic E-state index is 10.9. The van der Waals surface area contributed by atoms with Gasteiger partial charge >= 0.3 is 5.43 Å². The van der Waals surface area contributed by atoms with Crippen molar-refractivity contribution in [3.8, 4) is 11.1 Å². The van der Waals surface area contributed by atoms with E-state index in [4.69, 9.17) is 9.90 Å². The largest absolute Gasteiger partial charge is 0.469 e. The van der Waals surface area contributed by atoms with Crippen LogP contribution in [0, 0.1) is 0 Å². The summed E-state index contributed by atoms with van der Waals surface area (Å²) in [5, 5.41) is 7.18. The molecule has 0 aliphatic heterocycles. The average Bonchev–Trinajstić information content (AvgIpc) is 1.91. The zero-order chi connectivity index (χ0) is 10.9. The van der Waals surface area contributed by atoms with E-state index in [0.717, 1.165) is 11.1 Å². The molecule has 0 unspecified atom stereocenters. The lowest BCUT2D eigenvalue weighted by atomic mass is 9.94. The van der Waals surface area contributed by atoms with E-state index < -0.39 is 15.3 Å². The van der Waals surface area contributed by atoms with E-state index in [1.807, 2.05) is 12.1 Å². The summed E-state index contributed by atoms with van der Waals surface area (Å²) in [6.07, 6.45) is 1.23. The Morgan fingerprint density at radius 1 is 1.43 bits per heavy atom. The van der Waals surface area contributed by atoms with Crippen molar-refractivity contribution in [1.29, 1.82) is 0 Å². The second-order valence-electron chi connectivity index (χ2n) is 2.74. The van der Waals surface area contributed by atoms with Gasteiger partial charge in [-0.1, -0.05) is 12.1 Å². The van der Waals surface area contributed by atoms with E-state index in [-0.39, 0.29) is 0 Å². The summed E-state index contributed by atoms with van der Waals surface area (Å²) in [4.78, 5) is 9.26. The molecule has 0 saturated heterocycles. The second-order valence-corrected chi connectivity index (χ2v) is 5.04. The third-order valence-corrected chi connectivity index (χ3v) is 2.83. The Balaban J connectivity index is 0.000000213. The number of benzene rings is 1. The highest BCUT2D eigenvalue weighted by Crippen LogP contribution is 2.39. The Morgan fingerprint density at radius 2 is 1.93 bits per heavy atom. The molecule has 0 fully saturated rings. The maximum Gasteiger partial charge on any atom is 0.401 e. The highest BCUT2D eigenvalue weighted by atomic mass is 35.5. The van der Waals surface area contributed by atoms with Crippen LogP contribution < -0.4 is 0 Å². The molecule has 0 spiro atoms. The van der Waals surface area contributed by atoms with Crippen molar-refractivity contribution in [2.75, 3.05) is 6.26 Å². The van der Waals surface area contributed by atoms with E-state index in [1.54, 1.807) is 6.07 Å². The standard InChI is InChI=1S/C7H6O2S.CHClO2/c1-10(8,9)7-4-5-2-3-6(5)7;2-1(3)4/h2-4H,1H3;(H,3,4). The summed E-state index contributed by atoms with van der Waals surface area (Å²) < 4.78 is 21.7. The van der Waals surface area contributed by atoms with Gasteiger partial charge in [-0.2, -0.15) is 0 Å². The summed E-state index contributed by atoms with van der Waals surface area (Å²) in [6.45, 7) is 0. The molecule has 1 N–H and O–H groups in total. The van der Waals surface area contributed by atoms with Gasteiger partial charge in [0.1, 0.15) is 0 Å². The zero-order valence-electron chi connectivity index (χ0n) is 7.19. The topological polar surface area (TPSA) is 71.4 Å². The van der Waals surface area contributed by atoms with E-state index in [0.29, 0.717) is 4.90 Å². The van der Waals surface area contributed by atoms with Crippen LogP contribution in [-0.2, 0) is 9.84 Å². The van der Waals surface area contributed by atoms with Crippen LogP contribution in [0.4, 0.5) is 4.79 Å². The Labute approximate surface area is 86.0 Å². The van der Waals surface area contributed by atoms with Gasteiger partial charge < -0.3 is 5.11 Å². The number of hydrogen-bond acceptors (Lipinski definition) is 3. The van der Waals surface area contributed by atoms with Gasteiger partial charge in [-0.15, -0.1) is 0 Å². The molecule has 0 saturated carbocycles. The number of hydrogen-bond donors (Lipinski definition) is 1. The van der Waals surface area contributed by atoms with Crippen molar-refractivity contribution < 1.29 is 18.3 Å². The van der Waals surface area contributed by atoms with Gasteiger partial charge in [0.25, 0.3) is 0 Å². The Bertz CT molecular complexity index is 474. The molecule has 0 atom stereocenters. The molecule has 0 aromatic rings. The molecule has 6 heteroatoms. The van der Waals surface area contributed by atoms with Crippen LogP contribution in [0.15, 0.2) is 23.1 Å². The van der Waals surface area contributed by atoms with Gasteiger partial charge in [0.2, 0.25) is 0 Å². The number of carboxylic acid groups (broad SMARTS) is 1. The first-order chi connectivity index (χ1) is 6.32. The maximum atomic E-state index is 10.9. The number of rotatable bonds is 1. The van der Waals surface area contributed by atoms with Crippen molar-refractivity contribution in [3.63, 3.8) is 0 Å². The second kappa shape index (κ2) is 3.59. The fraction of sp³-hybridized carbons (Fsp3) is 0.125. The average molecular weight is 235 g/mol. The van der Waals surface area contributed by atoms with Gasteiger partial charge in [-0.3, -0.25) is 0 Å². The van der Waals surface area contributed by atoms with E-state index in [1.165, 1.54) is 6.26 Å². The van der Waals surface area contributed by atoms with Crippen LogP contribution in [0.1, 0.15) is 0 Å². The van der Waals surface area contributed by atoms with E-state index in [9.17, 15) is 8.42 Å². The van der Waals surface area contributed by atoms with Crippen LogP contribution in [0.25, 0.3) is 11.1 Å². The normalized spacial score (nSPS) is 11.3. The lowest BCUT2D eigenvalue weighted by molar-refractivity contribution is 0.220. The van der Waals surface area contributed by atoms with E-state index in [2.05, 4.69) is 11.6 Å². The molecule has 0 heterocycles. The molecule has 14 heavy (non-hydrogen) atoms. The molecule has 2 aliphatic carbocycles. The fourth-order valence-electron chi connectivity index (χ4n) is 1.06. The number of fused-ring (bicyclic) bond motifs is 1. The molecule has 2 rings (SSSR count). The molecule has 0 amide bonds. The molecule has 0 aromatic heterocycles. The number of carbonyl (C=O) groups is 1. The first kappa shape index (κ1) is 11.0. The summed E-state index contributed by atoms with van der Waals surface area (Å²) in [6, 6.07) is 5.43. The highest BCUT2D eigenvalue weighted by molar-refractivity contribution is 7.91. The fourth-order valence-corrected chi connectivity index (χ4v) is 1.99. The first-order valence-electron chi connectivity index (χ1n) is 3.55. The third-order valence-electron chi connectivity index (χ3n) is 1.69.